The number of fused-ring (bicyclic) bond motifs is 2. The summed E-state index contributed by atoms with van der Waals surface area (Å²) in [4.78, 5) is 0. The van der Waals surface area contributed by atoms with Crippen molar-refractivity contribution in [2.45, 2.75) is 32.6 Å². The van der Waals surface area contributed by atoms with E-state index in [0.29, 0.717) is 12.5 Å². The lowest BCUT2D eigenvalue weighted by Gasteiger charge is -2.10. The molecule has 0 aliphatic rings. The average Bonchev–Trinajstić information content (AvgIpc) is 2.75. The lowest BCUT2D eigenvalue weighted by atomic mass is 9.99. The van der Waals surface area contributed by atoms with E-state index in [1.165, 1.54) is 27.3 Å². The zero-order chi connectivity index (χ0) is 20.2. The molecule has 148 valence electrons. The van der Waals surface area contributed by atoms with Crippen molar-refractivity contribution in [1.82, 2.24) is 0 Å². The van der Waals surface area contributed by atoms with E-state index in [4.69, 9.17) is 9.47 Å². The summed E-state index contributed by atoms with van der Waals surface area (Å²) in [6.07, 6.45) is 1.98. The maximum absolute atomic E-state index is 6.04. The van der Waals surface area contributed by atoms with Crippen LogP contribution >= 0.6 is 0 Å². The molecule has 4 aromatic carbocycles. The summed E-state index contributed by atoms with van der Waals surface area (Å²) in [5.74, 6) is 2.40. The van der Waals surface area contributed by atoms with Crippen molar-refractivity contribution in [2.75, 3.05) is 13.7 Å². The minimum Gasteiger partial charge on any atom is -0.496 e. The summed E-state index contributed by atoms with van der Waals surface area (Å²) in [5.41, 5.74) is 2.69. The van der Waals surface area contributed by atoms with Crippen molar-refractivity contribution in [3.63, 3.8) is 0 Å². The van der Waals surface area contributed by atoms with Gasteiger partial charge in [-0.05, 0) is 64.2 Å². The van der Waals surface area contributed by atoms with Crippen molar-refractivity contribution in [1.29, 1.82) is 0 Å². The van der Waals surface area contributed by atoms with Crippen LogP contribution in [0.4, 0.5) is 0 Å². The molecule has 0 unspecified atom stereocenters. The van der Waals surface area contributed by atoms with Crippen LogP contribution in [-0.4, -0.2) is 13.7 Å². The van der Waals surface area contributed by atoms with Crippen molar-refractivity contribution in [2.24, 2.45) is 0 Å². The molecule has 0 saturated carbocycles. The molecular formula is C27H28O2. The number of methoxy groups -OCH3 is 1. The second kappa shape index (κ2) is 8.57. The lowest BCUT2D eigenvalue weighted by Crippen LogP contribution is -1.99. The Morgan fingerprint density at radius 2 is 1.66 bits per heavy atom. The summed E-state index contributed by atoms with van der Waals surface area (Å²) in [7, 11) is 1.72. The maximum Gasteiger partial charge on any atom is 0.126 e. The van der Waals surface area contributed by atoms with Gasteiger partial charge in [0, 0.05) is 5.39 Å². The summed E-state index contributed by atoms with van der Waals surface area (Å²) in [6.45, 7) is 5.17. The molecule has 0 N–H and O–H groups in total. The minimum absolute atomic E-state index is 0.533. The van der Waals surface area contributed by atoms with Crippen LogP contribution in [0.15, 0.2) is 72.8 Å². The molecule has 2 heteroatoms. The van der Waals surface area contributed by atoms with Gasteiger partial charge in [0.15, 0.2) is 0 Å². The molecule has 4 rings (SSSR count). The molecule has 0 bridgehead atoms. The van der Waals surface area contributed by atoms with E-state index >= 15 is 0 Å². The smallest absolute Gasteiger partial charge is 0.126 e. The van der Waals surface area contributed by atoms with Crippen LogP contribution in [0, 0.1) is 0 Å². The summed E-state index contributed by atoms with van der Waals surface area (Å²) < 4.78 is 11.5. The Balaban J connectivity index is 1.38. The van der Waals surface area contributed by atoms with Gasteiger partial charge in [0.2, 0.25) is 0 Å². The van der Waals surface area contributed by atoms with Crippen LogP contribution in [-0.2, 0) is 6.42 Å². The highest BCUT2D eigenvalue weighted by Gasteiger charge is 2.04. The van der Waals surface area contributed by atoms with Gasteiger partial charge in [0.25, 0.3) is 0 Å². The topological polar surface area (TPSA) is 18.5 Å². The monoisotopic (exact) mass is 384 g/mol. The average molecular weight is 385 g/mol. The van der Waals surface area contributed by atoms with Crippen LogP contribution in [0.5, 0.6) is 11.5 Å². The fourth-order valence-electron chi connectivity index (χ4n) is 3.80. The first kappa shape index (κ1) is 19.3. The van der Waals surface area contributed by atoms with Gasteiger partial charge in [-0.25, -0.2) is 0 Å². The van der Waals surface area contributed by atoms with Gasteiger partial charge >= 0.3 is 0 Å². The zero-order valence-electron chi connectivity index (χ0n) is 17.4. The fraction of sp³-hybridized carbons (Fsp3) is 0.259. The second-order valence-corrected chi connectivity index (χ2v) is 7.89. The Morgan fingerprint density at radius 3 is 2.48 bits per heavy atom. The Bertz CT molecular complexity index is 1130. The Kier molecular flexibility index (Phi) is 5.71. The van der Waals surface area contributed by atoms with Crippen LogP contribution in [0.2, 0.25) is 0 Å². The second-order valence-electron chi connectivity index (χ2n) is 7.89. The predicted octanol–water partition coefficient (Wildman–Crippen LogP) is 7.14. The lowest BCUT2D eigenvalue weighted by molar-refractivity contribution is 0.311. The molecule has 0 saturated heterocycles. The van der Waals surface area contributed by atoms with Gasteiger partial charge in [-0.3, -0.25) is 0 Å². The number of aryl methyl sites for hydroxylation is 1. The number of ether oxygens (including phenoxy) is 2. The van der Waals surface area contributed by atoms with E-state index < -0.39 is 0 Å². The Morgan fingerprint density at radius 1 is 0.793 bits per heavy atom. The van der Waals surface area contributed by atoms with E-state index in [2.05, 4.69) is 74.5 Å². The van der Waals surface area contributed by atoms with E-state index in [0.717, 1.165) is 29.7 Å². The van der Waals surface area contributed by atoms with Crippen molar-refractivity contribution in [3.8, 4) is 11.5 Å². The first-order valence-electron chi connectivity index (χ1n) is 10.4. The number of benzene rings is 4. The van der Waals surface area contributed by atoms with Crippen molar-refractivity contribution >= 4 is 21.5 Å². The van der Waals surface area contributed by atoms with E-state index in [1.54, 1.807) is 7.11 Å². The summed E-state index contributed by atoms with van der Waals surface area (Å²) in [6, 6.07) is 25.8. The first-order valence-corrected chi connectivity index (χ1v) is 10.4. The zero-order valence-corrected chi connectivity index (χ0v) is 17.4. The quantitative estimate of drug-likeness (QED) is 0.315. The Hall–Kier alpha value is -3.00. The number of hydrogen-bond acceptors (Lipinski definition) is 2. The molecule has 4 aromatic rings. The third-order valence-corrected chi connectivity index (χ3v) is 5.51. The fourth-order valence-corrected chi connectivity index (χ4v) is 3.80. The van der Waals surface area contributed by atoms with Crippen LogP contribution in [0.25, 0.3) is 21.5 Å². The third kappa shape index (κ3) is 4.37. The van der Waals surface area contributed by atoms with Gasteiger partial charge in [-0.1, -0.05) is 68.4 Å². The predicted molar refractivity (Wildman–Crippen MR) is 122 cm³/mol. The Labute approximate surface area is 173 Å². The molecule has 0 fully saturated rings. The third-order valence-electron chi connectivity index (χ3n) is 5.51. The minimum atomic E-state index is 0.533. The number of hydrogen-bond donors (Lipinski definition) is 0. The van der Waals surface area contributed by atoms with Gasteiger partial charge in [0.1, 0.15) is 11.5 Å². The number of rotatable bonds is 7. The van der Waals surface area contributed by atoms with Crippen LogP contribution in [0.3, 0.4) is 0 Å². The van der Waals surface area contributed by atoms with E-state index in [9.17, 15) is 0 Å². The highest BCUT2D eigenvalue weighted by molar-refractivity contribution is 5.89. The van der Waals surface area contributed by atoms with Gasteiger partial charge in [0.05, 0.1) is 13.7 Å². The highest BCUT2D eigenvalue weighted by atomic mass is 16.5. The molecule has 29 heavy (non-hydrogen) atoms. The normalized spacial score (nSPS) is 11.3. The SMILES string of the molecule is COc1cccc2cc(CCCOc3ccc4ccc(C(C)C)cc4c3)ccc12. The van der Waals surface area contributed by atoms with Gasteiger partial charge in [-0.2, -0.15) is 0 Å². The molecule has 0 aliphatic carbocycles. The van der Waals surface area contributed by atoms with E-state index in [1.807, 2.05) is 12.1 Å². The highest BCUT2D eigenvalue weighted by Crippen LogP contribution is 2.27. The van der Waals surface area contributed by atoms with Gasteiger partial charge in [-0.15, -0.1) is 0 Å². The molecule has 0 aromatic heterocycles. The van der Waals surface area contributed by atoms with Crippen LogP contribution < -0.4 is 9.47 Å². The van der Waals surface area contributed by atoms with Crippen LogP contribution in [0.1, 0.15) is 37.3 Å². The standard InChI is InChI=1S/C27H28O2/c1-19(2)22-11-10-21-12-13-25(18-24(21)17-22)29-15-5-6-20-9-14-26-23(16-20)7-4-8-27(26)28-3/h4,7-14,16-19H,5-6,15H2,1-3H3. The summed E-state index contributed by atoms with van der Waals surface area (Å²) >= 11 is 0. The summed E-state index contributed by atoms with van der Waals surface area (Å²) in [5, 5.41) is 4.88. The molecule has 0 radical (unpaired) electrons. The molecular weight excluding hydrogens is 356 g/mol. The first-order chi connectivity index (χ1) is 14.1. The van der Waals surface area contributed by atoms with Crippen molar-refractivity contribution in [3.05, 3.63) is 83.9 Å². The van der Waals surface area contributed by atoms with Gasteiger partial charge < -0.3 is 9.47 Å². The maximum atomic E-state index is 6.04. The van der Waals surface area contributed by atoms with Crippen molar-refractivity contribution < 1.29 is 9.47 Å². The molecule has 0 amide bonds. The molecule has 2 nitrogen and oxygen atoms in total. The molecule has 0 atom stereocenters. The van der Waals surface area contributed by atoms with E-state index in [-0.39, 0.29) is 0 Å². The molecule has 0 heterocycles. The molecule has 0 spiro atoms. The largest absolute Gasteiger partial charge is 0.496 e. The molecule has 0 aliphatic heterocycles.